The Hall–Kier alpha value is -2.43. The van der Waals surface area contributed by atoms with E-state index >= 15 is 0 Å². The first-order chi connectivity index (χ1) is 11.8. The van der Waals surface area contributed by atoms with Crippen LogP contribution in [-0.2, 0) is 0 Å². The summed E-state index contributed by atoms with van der Waals surface area (Å²) in [7, 11) is 0. The van der Waals surface area contributed by atoms with E-state index in [1.807, 2.05) is 53.2 Å². The third-order valence-electron chi connectivity index (χ3n) is 4.25. The van der Waals surface area contributed by atoms with Crippen molar-refractivity contribution in [3.8, 4) is 5.69 Å². The van der Waals surface area contributed by atoms with Gasteiger partial charge in [0, 0.05) is 30.7 Å². The summed E-state index contributed by atoms with van der Waals surface area (Å²) in [5.41, 5.74) is 3.20. The highest BCUT2D eigenvalue weighted by Crippen LogP contribution is 2.19. The standard InChI is InChI=1S/C20H23N3O/c1-2-19(16-6-4-3-5-7-16)22-14-20(24)17-8-10-18(11-9-17)23-13-12-21-15-23/h3-13,15,19-20,22,24H,2,14H2,1H3. The molecule has 1 heterocycles. The molecule has 0 aliphatic carbocycles. The number of nitrogens with one attached hydrogen (secondary N) is 1. The lowest BCUT2D eigenvalue weighted by atomic mass is 10.0. The van der Waals surface area contributed by atoms with Gasteiger partial charge in [0.1, 0.15) is 0 Å². The molecule has 0 amide bonds. The van der Waals surface area contributed by atoms with Crippen LogP contribution in [0.1, 0.15) is 36.6 Å². The summed E-state index contributed by atoms with van der Waals surface area (Å²) in [6.07, 6.45) is 5.87. The molecule has 0 aliphatic rings. The zero-order chi connectivity index (χ0) is 16.8. The molecule has 2 unspecified atom stereocenters. The van der Waals surface area contributed by atoms with Gasteiger partial charge in [0.25, 0.3) is 0 Å². The Labute approximate surface area is 142 Å². The van der Waals surface area contributed by atoms with Gasteiger partial charge in [0.05, 0.1) is 12.4 Å². The summed E-state index contributed by atoms with van der Waals surface area (Å²) in [5.74, 6) is 0. The number of nitrogens with zero attached hydrogens (tertiary/aromatic N) is 2. The van der Waals surface area contributed by atoms with E-state index in [2.05, 4.69) is 29.4 Å². The molecule has 124 valence electrons. The predicted molar refractivity (Wildman–Crippen MR) is 96.0 cm³/mol. The topological polar surface area (TPSA) is 50.1 Å². The maximum Gasteiger partial charge on any atom is 0.0991 e. The van der Waals surface area contributed by atoms with Gasteiger partial charge >= 0.3 is 0 Å². The smallest absolute Gasteiger partial charge is 0.0991 e. The summed E-state index contributed by atoms with van der Waals surface area (Å²) in [6, 6.07) is 18.5. The molecule has 24 heavy (non-hydrogen) atoms. The number of imidazole rings is 1. The van der Waals surface area contributed by atoms with Crippen molar-refractivity contribution in [2.24, 2.45) is 0 Å². The van der Waals surface area contributed by atoms with Crippen molar-refractivity contribution in [1.82, 2.24) is 14.9 Å². The predicted octanol–water partition coefficient (Wildman–Crippen LogP) is 3.65. The third kappa shape index (κ3) is 3.91. The molecule has 4 heteroatoms. The fraction of sp³-hybridized carbons (Fsp3) is 0.250. The van der Waals surface area contributed by atoms with E-state index in [1.165, 1.54) is 5.56 Å². The van der Waals surface area contributed by atoms with Crippen molar-refractivity contribution < 1.29 is 5.11 Å². The molecule has 0 aliphatic heterocycles. The Balaban J connectivity index is 1.61. The molecule has 2 atom stereocenters. The summed E-state index contributed by atoms with van der Waals surface area (Å²) >= 11 is 0. The van der Waals surface area contributed by atoms with Crippen LogP contribution in [0.5, 0.6) is 0 Å². The largest absolute Gasteiger partial charge is 0.387 e. The molecule has 3 aromatic rings. The van der Waals surface area contributed by atoms with Crippen LogP contribution in [0.4, 0.5) is 0 Å². The van der Waals surface area contributed by atoms with Crippen LogP contribution in [0.2, 0.25) is 0 Å². The Kier molecular flexibility index (Phi) is 5.41. The fourth-order valence-corrected chi connectivity index (χ4v) is 2.84. The lowest BCUT2D eigenvalue weighted by Gasteiger charge is -2.20. The average molecular weight is 321 g/mol. The number of aliphatic hydroxyl groups is 1. The van der Waals surface area contributed by atoms with Gasteiger partial charge in [0.15, 0.2) is 0 Å². The molecule has 2 N–H and O–H groups in total. The third-order valence-corrected chi connectivity index (χ3v) is 4.25. The van der Waals surface area contributed by atoms with Gasteiger partial charge in [-0.3, -0.25) is 0 Å². The molecule has 4 nitrogen and oxygen atoms in total. The van der Waals surface area contributed by atoms with Gasteiger partial charge in [-0.1, -0.05) is 49.4 Å². The quantitative estimate of drug-likeness (QED) is 0.698. The van der Waals surface area contributed by atoms with Gasteiger partial charge < -0.3 is 15.0 Å². The molecular formula is C20H23N3O. The maximum absolute atomic E-state index is 10.5. The van der Waals surface area contributed by atoms with E-state index < -0.39 is 6.10 Å². The summed E-state index contributed by atoms with van der Waals surface area (Å²) < 4.78 is 1.94. The van der Waals surface area contributed by atoms with E-state index in [4.69, 9.17) is 0 Å². The van der Waals surface area contributed by atoms with Crippen LogP contribution in [-0.4, -0.2) is 21.2 Å². The maximum atomic E-state index is 10.5. The molecule has 0 radical (unpaired) electrons. The zero-order valence-electron chi connectivity index (χ0n) is 13.8. The number of hydrogen-bond acceptors (Lipinski definition) is 3. The highest BCUT2D eigenvalue weighted by Gasteiger charge is 2.12. The number of rotatable bonds is 7. The molecule has 0 fully saturated rings. The first-order valence-electron chi connectivity index (χ1n) is 8.32. The second kappa shape index (κ2) is 7.90. The minimum absolute atomic E-state index is 0.256. The highest BCUT2D eigenvalue weighted by molar-refractivity contribution is 5.35. The number of aromatic nitrogens is 2. The van der Waals surface area contributed by atoms with E-state index in [9.17, 15) is 5.11 Å². The van der Waals surface area contributed by atoms with Gasteiger partial charge in [-0.2, -0.15) is 0 Å². The van der Waals surface area contributed by atoms with Crippen LogP contribution in [0, 0.1) is 0 Å². The SMILES string of the molecule is CCC(NCC(O)c1ccc(-n2ccnc2)cc1)c1ccccc1. The van der Waals surface area contributed by atoms with Gasteiger partial charge in [0.2, 0.25) is 0 Å². The van der Waals surface area contributed by atoms with Crippen molar-refractivity contribution in [2.45, 2.75) is 25.5 Å². The van der Waals surface area contributed by atoms with Crippen LogP contribution in [0.15, 0.2) is 73.3 Å². The normalized spacial score (nSPS) is 13.6. The highest BCUT2D eigenvalue weighted by atomic mass is 16.3. The van der Waals surface area contributed by atoms with Crippen molar-refractivity contribution >= 4 is 0 Å². The van der Waals surface area contributed by atoms with E-state index in [-0.39, 0.29) is 6.04 Å². The van der Waals surface area contributed by atoms with E-state index in [1.54, 1.807) is 12.5 Å². The van der Waals surface area contributed by atoms with Crippen molar-refractivity contribution in [2.75, 3.05) is 6.54 Å². The minimum atomic E-state index is -0.528. The molecule has 2 aromatic carbocycles. The Bertz CT molecular complexity index is 723. The summed E-state index contributed by atoms with van der Waals surface area (Å²) in [6.45, 7) is 2.68. The first-order valence-corrected chi connectivity index (χ1v) is 8.32. The second-order valence-corrected chi connectivity index (χ2v) is 5.86. The molecule has 1 aromatic heterocycles. The molecular weight excluding hydrogens is 298 g/mol. The van der Waals surface area contributed by atoms with Crippen LogP contribution >= 0.6 is 0 Å². The van der Waals surface area contributed by atoms with Gasteiger partial charge in [-0.25, -0.2) is 4.98 Å². The fourth-order valence-electron chi connectivity index (χ4n) is 2.84. The minimum Gasteiger partial charge on any atom is -0.387 e. The lowest BCUT2D eigenvalue weighted by Crippen LogP contribution is -2.26. The second-order valence-electron chi connectivity index (χ2n) is 5.86. The Morgan fingerprint density at radius 1 is 1.04 bits per heavy atom. The monoisotopic (exact) mass is 321 g/mol. The first kappa shape index (κ1) is 16.4. The van der Waals surface area contributed by atoms with Crippen molar-refractivity contribution in [3.63, 3.8) is 0 Å². The molecule has 0 spiro atoms. The Morgan fingerprint density at radius 2 is 1.79 bits per heavy atom. The van der Waals surface area contributed by atoms with Gasteiger partial charge in [-0.05, 0) is 29.7 Å². The van der Waals surface area contributed by atoms with E-state index in [0.29, 0.717) is 6.54 Å². The molecule has 0 saturated heterocycles. The number of benzene rings is 2. The molecule has 0 saturated carbocycles. The van der Waals surface area contributed by atoms with E-state index in [0.717, 1.165) is 17.7 Å². The van der Waals surface area contributed by atoms with Gasteiger partial charge in [-0.15, -0.1) is 0 Å². The summed E-state index contributed by atoms with van der Waals surface area (Å²) in [4.78, 5) is 4.05. The lowest BCUT2D eigenvalue weighted by molar-refractivity contribution is 0.169. The average Bonchev–Trinajstić information content (AvgIpc) is 3.18. The van der Waals surface area contributed by atoms with Crippen LogP contribution < -0.4 is 5.32 Å². The summed E-state index contributed by atoms with van der Waals surface area (Å²) in [5, 5.41) is 13.9. The molecule has 3 rings (SSSR count). The van der Waals surface area contributed by atoms with Crippen LogP contribution in [0.25, 0.3) is 5.69 Å². The zero-order valence-corrected chi connectivity index (χ0v) is 13.8. The number of aliphatic hydroxyl groups excluding tert-OH is 1. The van der Waals surface area contributed by atoms with Crippen LogP contribution in [0.3, 0.4) is 0 Å². The number of hydrogen-bond donors (Lipinski definition) is 2. The molecule has 0 bridgehead atoms. The van der Waals surface area contributed by atoms with Crippen molar-refractivity contribution in [1.29, 1.82) is 0 Å². The Morgan fingerprint density at radius 3 is 2.42 bits per heavy atom. The van der Waals surface area contributed by atoms with Crippen molar-refractivity contribution in [3.05, 3.63) is 84.4 Å².